The summed E-state index contributed by atoms with van der Waals surface area (Å²) in [5, 5.41) is 7.02. The van der Waals surface area contributed by atoms with Crippen molar-refractivity contribution in [1.82, 2.24) is 24.7 Å². The molecule has 2 heterocycles. The molecule has 8 heteroatoms. The zero-order valence-corrected chi connectivity index (χ0v) is 9.99. The van der Waals surface area contributed by atoms with Crippen molar-refractivity contribution in [3.05, 3.63) is 24.5 Å². The van der Waals surface area contributed by atoms with Crippen molar-refractivity contribution in [2.75, 3.05) is 19.0 Å². The molecule has 0 spiro atoms. The number of esters is 1. The molecule has 0 bridgehead atoms. The fraction of sp³-hybridized carbons (Fsp3) is 0.300. The molecule has 0 aromatic carbocycles. The fourth-order valence-electron chi connectivity index (χ4n) is 1.31. The average Bonchev–Trinajstić information content (AvgIpc) is 2.88. The first-order chi connectivity index (χ1) is 8.74. The minimum atomic E-state index is -0.588. The van der Waals surface area contributed by atoms with E-state index in [0.717, 1.165) is 6.54 Å². The lowest BCUT2D eigenvalue weighted by atomic mass is 10.5. The third kappa shape index (κ3) is 2.42. The normalized spacial score (nSPS) is 10.1. The van der Waals surface area contributed by atoms with E-state index in [1.807, 2.05) is 6.92 Å². The van der Waals surface area contributed by atoms with Gasteiger partial charge in [0, 0.05) is 12.6 Å². The molecule has 0 fully saturated rings. The second-order valence-corrected chi connectivity index (χ2v) is 3.30. The molecule has 8 nitrogen and oxygen atoms in total. The first kappa shape index (κ1) is 12.0. The largest absolute Gasteiger partial charge is 0.463 e. The van der Waals surface area contributed by atoms with Crippen LogP contribution in [0.4, 0.5) is 5.82 Å². The van der Waals surface area contributed by atoms with E-state index in [-0.39, 0.29) is 5.82 Å². The zero-order valence-electron chi connectivity index (χ0n) is 9.99. The van der Waals surface area contributed by atoms with Crippen molar-refractivity contribution >= 4 is 11.8 Å². The van der Waals surface area contributed by atoms with Gasteiger partial charge in [0.1, 0.15) is 18.5 Å². The number of carbonyl (C=O) groups excluding carboxylic acids is 1. The molecule has 0 aliphatic carbocycles. The smallest absolute Gasteiger partial charge is 0.377 e. The van der Waals surface area contributed by atoms with Gasteiger partial charge in [0.25, 0.3) is 5.82 Å². The van der Waals surface area contributed by atoms with Gasteiger partial charge in [0.05, 0.1) is 7.11 Å². The van der Waals surface area contributed by atoms with Crippen molar-refractivity contribution in [3.63, 3.8) is 0 Å². The van der Waals surface area contributed by atoms with Crippen LogP contribution in [0, 0.1) is 0 Å². The number of hydrogen-bond donors (Lipinski definition) is 1. The number of methoxy groups -OCH3 is 1. The van der Waals surface area contributed by atoms with Gasteiger partial charge in [0.2, 0.25) is 0 Å². The lowest BCUT2D eigenvalue weighted by Crippen LogP contribution is -2.07. The van der Waals surface area contributed by atoms with Crippen molar-refractivity contribution in [3.8, 4) is 5.82 Å². The number of anilines is 1. The third-order valence-corrected chi connectivity index (χ3v) is 2.11. The quantitative estimate of drug-likeness (QED) is 0.776. The summed E-state index contributed by atoms with van der Waals surface area (Å²) < 4.78 is 5.91. The SMILES string of the molecule is CCNc1cc(-n2cnc(C(=O)OC)n2)ncn1. The lowest BCUT2D eigenvalue weighted by molar-refractivity contribution is 0.0587. The molecule has 0 unspecified atom stereocenters. The summed E-state index contributed by atoms with van der Waals surface area (Å²) in [6.45, 7) is 2.72. The number of aromatic nitrogens is 5. The highest BCUT2D eigenvalue weighted by molar-refractivity contribution is 5.84. The Kier molecular flexibility index (Phi) is 3.46. The molecule has 94 valence electrons. The van der Waals surface area contributed by atoms with Crippen LogP contribution in [0.2, 0.25) is 0 Å². The topological polar surface area (TPSA) is 94.8 Å². The maximum atomic E-state index is 11.2. The van der Waals surface area contributed by atoms with E-state index in [0.29, 0.717) is 11.6 Å². The van der Waals surface area contributed by atoms with Crippen LogP contribution in [-0.4, -0.2) is 44.4 Å². The van der Waals surface area contributed by atoms with Crippen LogP contribution < -0.4 is 5.32 Å². The molecular weight excluding hydrogens is 236 g/mol. The summed E-state index contributed by atoms with van der Waals surface area (Å²) in [5.74, 6) is 0.594. The monoisotopic (exact) mass is 248 g/mol. The zero-order chi connectivity index (χ0) is 13.0. The number of nitrogens with zero attached hydrogens (tertiary/aromatic N) is 5. The molecule has 0 saturated heterocycles. The van der Waals surface area contributed by atoms with Crippen LogP contribution in [-0.2, 0) is 4.74 Å². The van der Waals surface area contributed by atoms with Gasteiger partial charge in [-0.15, -0.1) is 5.10 Å². The third-order valence-electron chi connectivity index (χ3n) is 2.11. The van der Waals surface area contributed by atoms with Gasteiger partial charge in [-0.1, -0.05) is 0 Å². The Hall–Kier alpha value is -2.51. The predicted octanol–water partition coefficient (Wildman–Crippen LogP) is 0.276. The number of carbonyl (C=O) groups is 1. The standard InChI is InChI=1S/C10H12N6O2/c1-3-11-7-4-8(13-5-12-7)16-6-14-9(15-16)10(17)18-2/h4-6H,3H2,1-2H3,(H,11,12,13). The molecule has 0 atom stereocenters. The Bertz CT molecular complexity index is 553. The maximum Gasteiger partial charge on any atom is 0.377 e. The molecule has 2 rings (SSSR count). The van der Waals surface area contributed by atoms with Gasteiger partial charge < -0.3 is 10.1 Å². The summed E-state index contributed by atoms with van der Waals surface area (Å²) in [6.07, 6.45) is 2.80. The van der Waals surface area contributed by atoms with Crippen molar-refractivity contribution in [2.24, 2.45) is 0 Å². The molecule has 1 N–H and O–H groups in total. The molecule has 0 amide bonds. The van der Waals surface area contributed by atoms with Crippen molar-refractivity contribution in [1.29, 1.82) is 0 Å². The lowest BCUT2D eigenvalue weighted by Gasteiger charge is -2.03. The molecule has 2 aromatic rings. The highest BCUT2D eigenvalue weighted by atomic mass is 16.5. The number of nitrogens with one attached hydrogen (secondary N) is 1. The van der Waals surface area contributed by atoms with Crippen LogP contribution in [0.25, 0.3) is 5.82 Å². The number of ether oxygens (including phenoxy) is 1. The summed E-state index contributed by atoms with van der Waals surface area (Å²) in [7, 11) is 1.27. The summed E-state index contributed by atoms with van der Waals surface area (Å²) in [5.41, 5.74) is 0. The second-order valence-electron chi connectivity index (χ2n) is 3.30. The highest BCUT2D eigenvalue weighted by Gasteiger charge is 2.12. The molecule has 2 aromatic heterocycles. The van der Waals surface area contributed by atoms with E-state index < -0.39 is 5.97 Å². The van der Waals surface area contributed by atoms with Crippen LogP contribution >= 0.6 is 0 Å². The Morgan fingerprint density at radius 1 is 1.44 bits per heavy atom. The first-order valence-electron chi connectivity index (χ1n) is 5.31. The Balaban J connectivity index is 2.28. The van der Waals surface area contributed by atoms with Gasteiger partial charge in [0.15, 0.2) is 5.82 Å². The fourth-order valence-corrected chi connectivity index (χ4v) is 1.31. The van der Waals surface area contributed by atoms with Crippen LogP contribution in [0.15, 0.2) is 18.7 Å². The number of hydrogen-bond acceptors (Lipinski definition) is 7. The van der Waals surface area contributed by atoms with Crippen molar-refractivity contribution < 1.29 is 9.53 Å². The molecule has 0 aliphatic rings. The maximum absolute atomic E-state index is 11.2. The van der Waals surface area contributed by atoms with Gasteiger partial charge in [-0.25, -0.2) is 24.4 Å². The van der Waals surface area contributed by atoms with E-state index in [1.54, 1.807) is 6.07 Å². The molecule has 0 saturated carbocycles. The van der Waals surface area contributed by atoms with Crippen molar-refractivity contribution in [2.45, 2.75) is 6.92 Å². The van der Waals surface area contributed by atoms with Gasteiger partial charge >= 0.3 is 5.97 Å². The van der Waals surface area contributed by atoms with E-state index in [4.69, 9.17) is 0 Å². The van der Waals surface area contributed by atoms with Crippen LogP contribution in [0.5, 0.6) is 0 Å². The highest BCUT2D eigenvalue weighted by Crippen LogP contribution is 2.07. The van der Waals surface area contributed by atoms with Gasteiger partial charge in [-0.05, 0) is 6.92 Å². The Morgan fingerprint density at radius 2 is 2.28 bits per heavy atom. The van der Waals surface area contributed by atoms with E-state index >= 15 is 0 Å². The summed E-state index contributed by atoms with van der Waals surface area (Å²) in [4.78, 5) is 23.1. The Labute approximate surface area is 103 Å². The van der Waals surface area contributed by atoms with E-state index in [9.17, 15) is 4.79 Å². The molecule has 18 heavy (non-hydrogen) atoms. The van der Waals surface area contributed by atoms with Crippen LogP contribution in [0.3, 0.4) is 0 Å². The number of rotatable bonds is 4. The Morgan fingerprint density at radius 3 is 3.00 bits per heavy atom. The van der Waals surface area contributed by atoms with E-state index in [2.05, 4.69) is 30.1 Å². The molecule has 0 radical (unpaired) electrons. The van der Waals surface area contributed by atoms with E-state index in [1.165, 1.54) is 24.4 Å². The second kappa shape index (κ2) is 5.21. The minimum Gasteiger partial charge on any atom is -0.463 e. The summed E-state index contributed by atoms with van der Waals surface area (Å²) >= 11 is 0. The first-order valence-corrected chi connectivity index (χ1v) is 5.31. The summed E-state index contributed by atoms with van der Waals surface area (Å²) in [6, 6.07) is 1.71. The van der Waals surface area contributed by atoms with Crippen LogP contribution in [0.1, 0.15) is 17.5 Å². The van der Waals surface area contributed by atoms with Gasteiger partial charge in [-0.2, -0.15) is 0 Å². The molecular formula is C10H12N6O2. The van der Waals surface area contributed by atoms with Gasteiger partial charge in [-0.3, -0.25) is 0 Å². The minimum absolute atomic E-state index is 0.0129. The predicted molar refractivity (Wildman–Crippen MR) is 62.5 cm³/mol. The molecule has 0 aliphatic heterocycles. The average molecular weight is 248 g/mol.